The molecule has 0 saturated carbocycles. The van der Waals surface area contributed by atoms with Gasteiger partial charge in [-0.05, 0) is 0 Å². The minimum atomic E-state index is -0.954. The SMILES string of the molecule is COC(=O)c1nncn1CC(O)C(OC)OC. The van der Waals surface area contributed by atoms with E-state index in [9.17, 15) is 9.90 Å². The van der Waals surface area contributed by atoms with Crippen molar-refractivity contribution in [2.24, 2.45) is 0 Å². The first-order valence-corrected chi connectivity index (χ1v) is 4.83. The highest BCUT2D eigenvalue weighted by atomic mass is 16.7. The molecule has 0 spiro atoms. The molecular formula is C9H15N3O5. The number of carbonyl (C=O) groups excluding carboxylic acids is 1. The zero-order chi connectivity index (χ0) is 12.8. The molecule has 1 rings (SSSR count). The van der Waals surface area contributed by atoms with Crippen LogP contribution in [0.3, 0.4) is 0 Å². The minimum Gasteiger partial charge on any atom is -0.463 e. The van der Waals surface area contributed by atoms with Crippen molar-refractivity contribution in [2.45, 2.75) is 18.9 Å². The quantitative estimate of drug-likeness (QED) is 0.509. The fraction of sp³-hybridized carbons (Fsp3) is 0.667. The van der Waals surface area contributed by atoms with Gasteiger partial charge < -0.3 is 23.9 Å². The van der Waals surface area contributed by atoms with Crippen LogP contribution in [0.4, 0.5) is 0 Å². The molecule has 8 heteroatoms. The Bertz CT molecular complexity index is 363. The monoisotopic (exact) mass is 245 g/mol. The molecule has 1 aromatic rings. The Balaban J connectivity index is 2.74. The van der Waals surface area contributed by atoms with E-state index in [2.05, 4.69) is 14.9 Å². The van der Waals surface area contributed by atoms with Crippen molar-refractivity contribution in [1.29, 1.82) is 0 Å². The maximum absolute atomic E-state index is 11.3. The zero-order valence-electron chi connectivity index (χ0n) is 9.86. The van der Waals surface area contributed by atoms with Gasteiger partial charge in [0.2, 0.25) is 5.82 Å². The summed E-state index contributed by atoms with van der Waals surface area (Å²) in [6, 6.07) is 0. The van der Waals surface area contributed by atoms with Crippen LogP contribution >= 0.6 is 0 Å². The van der Waals surface area contributed by atoms with E-state index in [0.717, 1.165) is 0 Å². The molecule has 0 amide bonds. The molecule has 0 radical (unpaired) electrons. The van der Waals surface area contributed by atoms with Crippen LogP contribution in [0.2, 0.25) is 0 Å². The van der Waals surface area contributed by atoms with Gasteiger partial charge in [0.15, 0.2) is 6.29 Å². The van der Waals surface area contributed by atoms with E-state index in [1.165, 1.54) is 32.2 Å². The van der Waals surface area contributed by atoms with Crippen LogP contribution in [0.5, 0.6) is 0 Å². The summed E-state index contributed by atoms with van der Waals surface area (Å²) in [7, 11) is 4.06. The lowest BCUT2D eigenvalue weighted by Gasteiger charge is -2.20. The summed E-state index contributed by atoms with van der Waals surface area (Å²) < 4.78 is 15.7. The predicted octanol–water partition coefficient (Wildman–Crippen LogP) is -0.956. The molecule has 1 unspecified atom stereocenters. The summed E-state index contributed by atoms with van der Waals surface area (Å²) >= 11 is 0. The number of ether oxygens (including phenoxy) is 3. The number of nitrogens with zero attached hydrogens (tertiary/aromatic N) is 3. The molecule has 1 N–H and O–H groups in total. The lowest BCUT2D eigenvalue weighted by Crippen LogP contribution is -2.34. The predicted molar refractivity (Wildman–Crippen MR) is 55.2 cm³/mol. The fourth-order valence-electron chi connectivity index (χ4n) is 1.34. The summed E-state index contributed by atoms with van der Waals surface area (Å²) in [6.07, 6.45) is -0.426. The van der Waals surface area contributed by atoms with Gasteiger partial charge in [-0.3, -0.25) is 0 Å². The molecule has 0 aliphatic rings. The number of carbonyl (C=O) groups is 1. The van der Waals surface area contributed by atoms with Crippen molar-refractivity contribution >= 4 is 5.97 Å². The van der Waals surface area contributed by atoms with Gasteiger partial charge in [-0.2, -0.15) is 0 Å². The fourth-order valence-corrected chi connectivity index (χ4v) is 1.34. The highest BCUT2D eigenvalue weighted by molar-refractivity contribution is 5.85. The van der Waals surface area contributed by atoms with Crippen molar-refractivity contribution in [2.75, 3.05) is 21.3 Å². The maximum Gasteiger partial charge on any atom is 0.376 e. The van der Waals surface area contributed by atoms with Crippen LogP contribution in [0, 0.1) is 0 Å². The van der Waals surface area contributed by atoms with E-state index >= 15 is 0 Å². The van der Waals surface area contributed by atoms with Crippen molar-refractivity contribution < 1.29 is 24.1 Å². The smallest absolute Gasteiger partial charge is 0.376 e. The molecule has 1 heterocycles. The number of aliphatic hydroxyl groups is 1. The Labute approximate surface area is 98.1 Å². The van der Waals surface area contributed by atoms with Crippen LogP contribution in [0.15, 0.2) is 6.33 Å². The van der Waals surface area contributed by atoms with Crippen molar-refractivity contribution in [3.8, 4) is 0 Å². The van der Waals surface area contributed by atoms with E-state index in [1.807, 2.05) is 0 Å². The largest absolute Gasteiger partial charge is 0.463 e. The van der Waals surface area contributed by atoms with E-state index in [4.69, 9.17) is 9.47 Å². The molecule has 0 aliphatic carbocycles. The molecule has 0 saturated heterocycles. The number of methoxy groups -OCH3 is 3. The van der Waals surface area contributed by atoms with Crippen LogP contribution < -0.4 is 0 Å². The summed E-state index contributed by atoms with van der Waals surface area (Å²) in [5.41, 5.74) is 0. The topological polar surface area (TPSA) is 95.7 Å². The highest BCUT2D eigenvalue weighted by Gasteiger charge is 2.22. The molecule has 1 aromatic heterocycles. The molecule has 0 bridgehead atoms. The molecule has 8 nitrogen and oxygen atoms in total. The highest BCUT2D eigenvalue weighted by Crippen LogP contribution is 2.05. The van der Waals surface area contributed by atoms with Crippen molar-refractivity contribution in [3.63, 3.8) is 0 Å². The van der Waals surface area contributed by atoms with Crippen LogP contribution in [0.1, 0.15) is 10.6 Å². The lowest BCUT2D eigenvalue weighted by atomic mass is 10.3. The van der Waals surface area contributed by atoms with Crippen LogP contribution in [0.25, 0.3) is 0 Å². The normalized spacial score (nSPS) is 12.8. The second kappa shape index (κ2) is 6.28. The van der Waals surface area contributed by atoms with Gasteiger partial charge in [0.05, 0.1) is 13.7 Å². The van der Waals surface area contributed by atoms with Gasteiger partial charge in [-0.25, -0.2) is 4.79 Å². The van der Waals surface area contributed by atoms with Crippen molar-refractivity contribution in [3.05, 3.63) is 12.2 Å². The van der Waals surface area contributed by atoms with Gasteiger partial charge in [0.1, 0.15) is 12.4 Å². The van der Waals surface area contributed by atoms with E-state index < -0.39 is 18.4 Å². The number of hydrogen-bond acceptors (Lipinski definition) is 7. The van der Waals surface area contributed by atoms with E-state index in [0.29, 0.717) is 0 Å². The summed E-state index contributed by atoms with van der Waals surface area (Å²) in [4.78, 5) is 11.3. The second-order valence-corrected chi connectivity index (χ2v) is 3.21. The van der Waals surface area contributed by atoms with E-state index in [1.54, 1.807) is 0 Å². The van der Waals surface area contributed by atoms with Crippen LogP contribution in [-0.2, 0) is 20.8 Å². The molecule has 17 heavy (non-hydrogen) atoms. The Morgan fingerprint density at radius 3 is 2.65 bits per heavy atom. The van der Waals surface area contributed by atoms with Gasteiger partial charge in [0.25, 0.3) is 0 Å². The first-order valence-electron chi connectivity index (χ1n) is 4.83. The average Bonchev–Trinajstić information content (AvgIpc) is 2.77. The molecule has 0 fully saturated rings. The Kier molecular flexibility index (Phi) is 5.01. The number of aromatic nitrogens is 3. The summed E-state index contributed by atoms with van der Waals surface area (Å²) in [5.74, 6) is -0.612. The number of hydrogen-bond donors (Lipinski definition) is 1. The molecule has 0 aliphatic heterocycles. The first kappa shape index (κ1) is 13.6. The van der Waals surface area contributed by atoms with Gasteiger partial charge in [-0.15, -0.1) is 10.2 Å². The van der Waals surface area contributed by atoms with Crippen molar-refractivity contribution in [1.82, 2.24) is 14.8 Å². The summed E-state index contributed by atoms with van der Waals surface area (Å²) in [5, 5.41) is 17.0. The third-order valence-corrected chi connectivity index (χ3v) is 2.15. The van der Waals surface area contributed by atoms with Gasteiger partial charge in [-0.1, -0.05) is 0 Å². The summed E-state index contributed by atoms with van der Waals surface area (Å²) in [6.45, 7) is 0.0593. The molecule has 1 atom stereocenters. The van der Waals surface area contributed by atoms with E-state index in [-0.39, 0.29) is 12.4 Å². The van der Waals surface area contributed by atoms with Crippen LogP contribution in [-0.4, -0.2) is 59.6 Å². The lowest BCUT2D eigenvalue weighted by molar-refractivity contribution is -0.167. The Morgan fingerprint density at radius 1 is 1.47 bits per heavy atom. The first-order chi connectivity index (χ1) is 8.13. The third-order valence-electron chi connectivity index (χ3n) is 2.15. The zero-order valence-corrected chi connectivity index (χ0v) is 9.86. The standard InChI is InChI=1S/C9H15N3O5/c1-15-8(14)7-11-10-5-12(7)4-6(13)9(16-2)17-3/h5-6,9,13H,4H2,1-3H3. The molecule has 0 aromatic carbocycles. The van der Waals surface area contributed by atoms with Gasteiger partial charge >= 0.3 is 5.97 Å². The minimum absolute atomic E-state index is 0.0116. The van der Waals surface area contributed by atoms with Gasteiger partial charge in [0, 0.05) is 14.2 Å². The maximum atomic E-state index is 11.3. The third kappa shape index (κ3) is 3.22. The Morgan fingerprint density at radius 2 is 2.12 bits per heavy atom. The number of esters is 1. The Hall–Kier alpha value is -1.51. The number of aliphatic hydroxyl groups excluding tert-OH is 1. The number of rotatable bonds is 6. The molecular weight excluding hydrogens is 230 g/mol. The second-order valence-electron chi connectivity index (χ2n) is 3.21. The molecule has 96 valence electrons. The average molecular weight is 245 g/mol.